The molecule has 3 aliphatic rings. The monoisotopic (exact) mass is 819 g/mol. The van der Waals surface area contributed by atoms with Crippen LogP contribution in [0, 0.1) is 6.08 Å². The highest BCUT2D eigenvalue weighted by atomic mass is 79.9. The van der Waals surface area contributed by atoms with Crippen LogP contribution in [0.4, 0.5) is 0 Å². The first-order chi connectivity index (χ1) is 27.1. The van der Waals surface area contributed by atoms with Crippen LogP contribution < -0.4 is 4.74 Å². The molecule has 1 heterocycles. The van der Waals surface area contributed by atoms with Gasteiger partial charge >= 0.3 is 0 Å². The minimum Gasteiger partial charge on any atom is -0.508 e. The van der Waals surface area contributed by atoms with E-state index in [1.165, 1.54) is 88.5 Å². The van der Waals surface area contributed by atoms with Gasteiger partial charge in [0.25, 0.3) is 0 Å². The average molecular weight is 821 g/mol. The molecule has 0 amide bonds. The van der Waals surface area contributed by atoms with Crippen LogP contribution in [0.3, 0.4) is 0 Å². The number of alkyl halides is 1. The lowest BCUT2D eigenvalue weighted by Gasteiger charge is -2.42. The molecule has 0 aromatic heterocycles. The van der Waals surface area contributed by atoms with Crippen LogP contribution in [0.25, 0.3) is 0 Å². The Labute approximate surface area is 342 Å². The summed E-state index contributed by atoms with van der Waals surface area (Å²) in [4.78, 5) is 27.2. The fraction of sp³-hybridized carbons (Fsp3) is 0.333. The fourth-order valence-corrected chi connectivity index (χ4v) is 7.03. The van der Waals surface area contributed by atoms with Gasteiger partial charge in [0.2, 0.25) is 0 Å². The summed E-state index contributed by atoms with van der Waals surface area (Å²) in [6, 6.07) is 32.4. The van der Waals surface area contributed by atoms with Crippen molar-refractivity contribution >= 4 is 27.5 Å². The molecule has 0 bridgehead atoms. The van der Waals surface area contributed by atoms with Crippen LogP contribution in [0.1, 0.15) is 90.8 Å². The number of rotatable bonds is 9. The van der Waals surface area contributed by atoms with E-state index in [-0.39, 0.29) is 17.3 Å². The number of ether oxygens (including phenoxy) is 1. The summed E-state index contributed by atoms with van der Waals surface area (Å²) in [5.74, 6) is 1.33. The van der Waals surface area contributed by atoms with Crippen molar-refractivity contribution in [2.45, 2.75) is 71.6 Å². The van der Waals surface area contributed by atoms with E-state index in [0.29, 0.717) is 29.5 Å². The normalized spacial score (nSPS) is 15.9. The molecule has 0 spiro atoms. The molecule has 1 aliphatic heterocycles. The number of Topliss-reactive ketones (excluding diaryl/α,β-unsaturated/α-hetero) is 2. The lowest BCUT2D eigenvalue weighted by molar-refractivity contribution is 0.0602. The SMILES string of the molecule is BrCC1=CC=[C+]C=C1.CC(=O)c1ccc(O)cc1.CC(=O)c1cccc(OCc2ccccc2)c1.CC(c1ccc(O)cc1)N1CCN(C2CCCCC2)CC1. The number of hydrogen-bond donors (Lipinski definition) is 2. The minimum atomic E-state index is 0.0139. The van der Waals surface area contributed by atoms with Crippen molar-refractivity contribution in [1.82, 2.24) is 9.80 Å². The zero-order chi connectivity index (χ0) is 40.1. The van der Waals surface area contributed by atoms with E-state index >= 15 is 0 Å². The molecule has 4 aromatic rings. The molecule has 4 aromatic carbocycles. The summed E-state index contributed by atoms with van der Waals surface area (Å²) in [7, 11) is 0. The Morgan fingerprint density at radius 3 is 1.96 bits per heavy atom. The molecule has 7 nitrogen and oxygen atoms in total. The number of phenolic OH excluding ortho intramolecular Hbond substituents is 2. The predicted molar refractivity (Wildman–Crippen MR) is 231 cm³/mol. The Balaban J connectivity index is 0.000000177. The summed E-state index contributed by atoms with van der Waals surface area (Å²) >= 11 is 3.34. The summed E-state index contributed by atoms with van der Waals surface area (Å²) in [5.41, 5.74) is 5.01. The molecule has 1 saturated carbocycles. The number of phenols is 2. The van der Waals surface area contributed by atoms with Gasteiger partial charge in [-0.15, -0.1) is 0 Å². The number of aromatic hydroxyl groups is 2. The number of carbonyl (C=O) groups is 2. The first-order valence-corrected chi connectivity index (χ1v) is 20.6. The third-order valence-corrected chi connectivity index (χ3v) is 10.7. The van der Waals surface area contributed by atoms with Crippen LogP contribution in [0.2, 0.25) is 0 Å². The van der Waals surface area contributed by atoms with Crippen LogP contribution in [-0.2, 0) is 6.61 Å². The second-order valence-corrected chi connectivity index (χ2v) is 14.7. The summed E-state index contributed by atoms with van der Waals surface area (Å²) < 4.78 is 5.63. The molecule has 2 N–H and O–H groups in total. The van der Waals surface area contributed by atoms with Crippen LogP contribution in [0.5, 0.6) is 17.2 Å². The first-order valence-electron chi connectivity index (χ1n) is 19.5. The molecular weight excluding hydrogens is 764 g/mol. The Hall–Kier alpha value is -4.85. The number of benzene rings is 4. The van der Waals surface area contributed by atoms with Crippen LogP contribution in [-0.4, -0.2) is 69.1 Å². The Kier molecular flexibility index (Phi) is 18.7. The average Bonchev–Trinajstić information content (AvgIpc) is 3.25. The summed E-state index contributed by atoms with van der Waals surface area (Å²) in [5, 5.41) is 19.2. The smallest absolute Gasteiger partial charge is 0.159 e. The number of piperazine rings is 1. The predicted octanol–water partition coefficient (Wildman–Crippen LogP) is 10.7. The quantitative estimate of drug-likeness (QED) is 0.0987. The molecule has 8 heteroatoms. The highest BCUT2D eigenvalue weighted by Crippen LogP contribution is 2.27. The topological polar surface area (TPSA) is 90.3 Å². The lowest BCUT2D eigenvalue weighted by atomic mass is 9.93. The summed E-state index contributed by atoms with van der Waals surface area (Å²) in [6.07, 6.45) is 18.0. The van der Waals surface area contributed by atoms with Gasteiger partial charge in [-0.05, 0) is 93.3 Å². The second kappa shape index (κ2) is 23.9. The maximum absolute atomic E-state index is 11.2. The molecule has 294 valence electrons. The Bertz CT molecular complexity index is 1860. The van der Waals surface area contributed by atoms with E-state index in [1.807, 2.05) is 78.9 Å². The molecule has 2 aliphatic carbocycles. The van der Waals surface area contributed by atoms with E-state index in [2.05, 4.69) is 38.7 Å². The summed E-state index contributed by atoms with van der Waals surface area (Å²) in [6.45, 7) is 10.6. The van der Waals surface area contributed by atoms with Gasteiger partial charge in [-0.1, -0.05) is 89.8 Å². The number of carbonyl (C=O) groups excluding carboxylic acids is 2. The van der Waals surface area contributed by atoms with Gasteiger partial charge in [0.15, 0.2) is 11.6 Å². The van der Waals surface area contributed by atoms with Crippen molar-refractivity contribution < 1.29 is 24.5 Å². The lowest BCUT2D eigenvalue weighted by Crippen LogP contribution is -2.51. The van der Waals surface area contributed by atoms with E-state index in [1.54, 1.807) is 43.3 Å². The third-order valence-electron chi connectivity index (χ3n) is 10.1. The Morgan fingerprint density at radius 1 is 0.786 bits per heavy atom. The third kappa shape index (κ3) is 15.4. The largest absolute Gasteiger partial charge is 0.508 e. The van der Waals surface area contributed by atoms with Gasteiger partial charge in [-0.25, -0.2) is 0 Å². The Morgan fingerprint density at radius 2 is 1.41 bits per heavy atom. The highest BCUT2D eigenvalue weighted by Gasteiger charge is 2.27. The maximum Gasteiger partial charge on any atom is 0.159 e. The first kappa shape index (κ1) is 43.9. The van der Waals surface area contributed by atoms with Gasteiger partial charge in [0.05, 0.1) is 23.1 Å². The van der Waals surface area contributed by atoms with E-state index in [0.717, 1.165) is 22.7 Å². The molecule has 7 rings (SSSR count). The van der Waals surface area contributed by atoms with E-state index in [9.17, 15) is 14.7 Å². The standard InChI is InChI=1S/C18H28N2O.C15H14O2.C8H8O2.C7H6Br/c1-15(16-7-9-18(21)10-8-16)19-11-13-20(14-12-19)17-5-3-2-4-6-17;1-12(16)14-8-5-9-15(10-14)17-11-13-6-3-2-4-7-13;1-6(9)7-2-4-8(10)5-3-7;8-6-7-4-2-1-3-5-7/h7-10,15,17,21H,2-6,11-14H2,1H3;2-10H,11H2,1H3;2-5,10H,1H3;2-5H,6H2/q;;;+1. The maximum atomic E-state index is 11.2. The van der Waals surface area contributed by atoms with E-state index in [4.69, 9.17) is 9.84 Å². The molecule has 1 saturated heterocycles. The van der Waals surface area contributed by atoms with Gasteiger partial charge in [0, 0.05) is 55.5 Å². The molecule has 0 radical (unpaired) electrons. The van der Waals surface area contributed by atoms with Crippen LogP contribution >= 0.6 is 15.9 Å². The van der Waals surface area contributed by atoms with E-state index < -0.39 is 0 Å². The number of nitrogens with zero attached hydrogens (tertiary/aromatic N) is 2. The number of halogens is 1. The number of hydrogen-bond acceptors (Lipinski definition) is 7. The zero-order valence-corrected chi connectivity index (χ0v) is 34.5. The van der Waals surface area contributed by atoms with Gasteiger partial charge in [-0.3, -0.25) is 19.4 Å². The van der Waals surface area contributed by atoms with Crippen molar-refractivity contribution in [3.63, 3.8) is 0 Å². The molecular formula is C48H56BrN2O5+. The number of ketones is 2. The van der Waals surface area contributed by atoms with Gasteiger partial charge < -0.3 is 14.9 Å². The zero-order valence-electron chi connectivity index (χ0n) is 32.9. The molecule has 1 unspecified atom stereocenters. The van der Waals surface area contributed by atoms with Crippen molar-refractivity contribution in [1.29, 1.82) is 0 Å². The van der Waals surface area contributed by atoms with Crippen LogP contribution in [0.15, 0.2) is 133 Å². The number of allylic oxidation sites excluding steroid dienone is 6. The van der Waals surface area contributed by atoms with Gasteiger partial charge in [0.1, 0.15) is 36.0 Å². The van der Waals surface area contributed by atoms with Crippen molar-refractivity contribution in [2.75, 3.05) is 31.5 Å². The van der Waals surface area contributed by atoms with Gasteiger partial charge in [-0.2, -0.15) is 0 Å². The van der Waals surface area contributed by atoms with Crippen molar-refractivity contribution in [2.24, 2.45) is 0 Å². The van der Waals surface area contributed by atoms with Crippen molar-refractivity contribution in [3.8, 4) is 17.2 Å². The molecule has 56 heavy (non-hydrogen) atoms. The fourth-order valence-electron chi connectivity index (χ4n) is 6.65. The minimum absolute atomic E-state index is 0.0139. The highest BCUT2D eigenvalue weighted by molar-refractivity contribution is 9.09. The second-order valence-electron chi connectivity index (χ2n) is 14.1. The van der Waals surface area contributed by atoms with Crippen molar-refractivity contribution in [3.05, 3.63) is 161 Å². The molecule has 1 atom stereocenters. The molecule has 2 fully saturated rings.